The summed E-state index contributed by atoms with van der Waals surface area (Å²) >= 11 is 1.10. The second-order valence-corrected chi connectivity index (χ2v) is 5.55. The minimum atomic E-state index is -3.66. The Morgan fingerprint density at radius 1 is 1.27 bits per heavy atom. The maximum absolute atomic E-state index is 11.2. The highest BCUT2D eigenvalue weighted by molar-refractivity contribution is 7.91. The number of hydrogen-bond acceptors (Lipinski definition) is 4. The molecule has 15 heavy (non-hydrogen) atoms. The Kier molecular flexibility index (Phi) is 2.56. The summed E-state index contributed by atoms with van der Waals surface area (Å²) in [7, 11) is -3.66. The van der Waals surface area contributed by atoms with Gasteiger partial charge in [-0.15, -0.1) is 11.3 Å². The third kappa shape index (κ3) is 2.06. The monoisotopic (exact) mass is 240 g/mol. The van der Waals surface area contributed by atoms with Crippen LogP contribution in [0.2, 0.25) is 0 Å². The lowest BCUT2D eigenvalue weighted by molar-refractivity contribution is 0.600. The van der Waals surface area contributed by atoms with Crippen LogP contribution in [-0.2, 0) is 10.0 Å². The number of hydrogen-bond donors (Lipinski definition) is 1. The van der Waals surface area contributed by atoms with Gasteiger partial charge >= 0.3 is 0 Å². The van der Waals surface area contributed by atoms with E-state index in [1.165, 1.54) is 0 Å². The molecule has 0 unspecified atom stereocenters. The van der Waals surface area contributed by atoms with E-state index in [0.29, 0.717) is 11.3 Å². The van der Waals surface area contributed by atoms with E-state index in [9.17, 15) is 8.42 Å². The lowest BCUT2D eigenvalue weighted by atomic mass is 10.2. The summed E-state index contributed by atoms with van der Waals surface area (Å²) in [6.07, 6.45) is 1.61. The van der Waals surface area contributed by atoms with Crippen molar-refractivity contribution in [1.29, 1.82) is 0 Å². The maximum Gasteiger partial charge on any atom is 0.248 e. The van der Waals surface area contributed by atoms with Crippen LogP contribution in [0.5, 0.6) is 0 Å². The van der Waals surface area contributed by atoms with Crippen molar-refractivity contribution in [3.63, 3.8) is 0 Å². The quantitative estimate of drug-likeness (QED) is 0.863. The largest absolute Gasteiger partial charge is 0.256 e. The van der Waals surface area contributed by atoms with Gasteiger partial charge in [-0.3, -0.25) is 4.98 Å². The fraction of sp³-hybridized carbons (Fsp3) is 0. The van der Waals surface area contributed by atoms with Crippen molar-refractivity contribution in [2.75, 3.05) is 0 Å². The van der Waals surface area contributed by atoms with Crippen LogP contribution in [0.1, 0.15) is 0 Å². The van der Waals surface area contributed by atoms with Gasteiger partial charge < -0.3 is 0 Å². The molecule has 4 nitrogen and oxygen atoms in total. The highest BCUT2D eigenvalue weighted by Crippen LogP contribution is 2.29. The Labute approximate surface area is 91.4 Å². The summed E-state index contributed by atoms with van der Waals surface area (Å²) in [6.45, 7) is 0. The smallest absolute Gasteiger partial charge is 0.248 e. The fourth-order valence-corrected chi connectivity index (χ4v) is 3.04. The van der Waals surface area contributed by atoms with Crippen LogP contribution < -0.4 is 5.14 Å². The van der Waals surface area contributed by atoms with Crippen LogP contribution in [-0.4, -0.2) is 13.4 Å². The molecule has 2 rings (SSSR count). The summed E-state index contributed by atoms with van der Waals surface area (Å²) in [5, 5.41) is 6.78. The predicted octanol–water partition coefficient (Wildman–Crippen LogP) is 1.46. The van der Waals surface area contributed by atoms with Crippen LogP contribution in [0.25, 0.3) is 11.3 Å². The third-order valence-corrected chi connectivity index (χ3v) is 4.26. The molecule has 0 saturated heterocycles. The Morgan fingerprint density at radius 2 is 2.07 bits per heavy atom. The molecule has 0 aromatic carbocycles. The van der Waals surface area contributed by atoms with Crippen LogP contribution in [0, 0.1) is 0 Å². The van der Waals surface area contributed by atoms with Crippen molar-refractivity contribution >= 4 is 21.4 Å². The van der Waals surface area contributed by atoms with Crippen LogP contribution >= 0.6 is 11.3 Å². The Morgan fingerprint density at radius 3 is 2.67 bits per heavy atom. The average Bonchev–Trinajstić information content (AvgIpc) is 2.67. The van der Waals surface area contributed by atoms with E-state index in [1.54, 1.807) is 35.8 Å². The van der Waals surface area contributed by atoms with Gasteiger partial charge in [-0.1, -0.05) is 6.07 Å². The first-order valence-electron chi connectivity index (χ1n) is 4.11. The molecule has 0 radical (unpaired) electrons. The highest BCUT2D eigenvalue weighted by atomic mass is 32.2. The van der Waals surface area contributed by atoms with E-state index in [2.05, 4.69) is 4.98 Å². The molecule has 0 atom stereocenters. The van der Waals surface area contributed by atoms with Crippen molar-refractivity contribution in [1.82, 2.24) is 4.98 Å². The Hall–Kier alpha value is -1.24. The summed E-state index contributed by atoms with van der Waals surface area (Å²) in [5.41, 5.74) is 1.17. The van der Waals surface area contributed by atoms with Gasteiger partial charge in [0.25, 0.3) is 0 Å². The number of pyridine rings is 1. The molecule has 0 aliphatic heterocycles. The second-order valence-electron chi connectivity index (χ2n) is 2.88. The summed E-state index contributed by atoms with van der Waals surface area (Å²) < 4.78 is 22.7. The zero-order valence-electron chi connectivity index (χ0n) is 7.62. The number of nitrogens with zero attached hydrogens (tertiary/aromatic N) is 1. The molecule has 0 bridgehead atoms. The first-order valence-corrected chi connectivity index (χ1v) is 6.53. The van der Waals surface area contributed by atoms with E-state index in [0.717, 1.165) is 11.3 Å². The van der Waals surface area contributed by atoms with Gasteiger partial charge in [0.2, 0.25) is 10.0 Å². The Balaban J connectivity index is 2.61. The van der Waals surface area contributed by atoms with E-state index in [4.69, 9.17) is 5.14 Å². The number of aromatic nitrogens is 1. The van der Waals surface area contributed by atoms with Gasteiger partial charge in [-0.25, -0.2) is 13.6 Å². The lowest BCUT2D eigenvalue weighted by Gasteiger charge is -1.99. The van der Waals surface area contributed by atoms with Gasteiger partial charge in [0.15, 0.2) is 0 Å². The van der Waals surface area contributed by atoms with Crippen molar-refractivity contribution in [2.45, 2.75) is 4.21 Å². The number of sulfonamides is 1. The second kappa shape index (κ2) is 3.73. The molecule has 78 valence electrons. The molecular weight excluding hydrogens is 232 g/mol. The fourth-order valence-electron chi connectivity index (χ4n) is 1.23. The van der Waals surface area contributed by atoms with Crippen molar-refractivity contribution in [3.8, 4) is 11.3 Å². The Bertz CT molecular complexity index is 561. The molecule has 0 saturated carbocycles. The summed E-state index contributed by atoms with van der Waals surface area (Å²) in [6, 6.07) is 7.02. The van der Waals surface area contributed by atoms with E-state index in [1.807, 2.05) is 0 Å². The lowest BCUT2D eigenvalue weighted by Crippen LogP contribution is -2.11. The molecule has 0 aliphatic carbocycles. The molecule has 6 heteroatoms. The van der Waals surface area contributed by atoms with Crippen LogP contribution in [0.4, 0.5) is 0 Å². The summed E-state index contributed by atoms with van der Waals surface area (Å²) in [5.74, 6) is 0. The van der Waals surface area contributed by atoms with Gasteiger partial charge in [0.05, 0.1) is 5.69 Å². The molecule has 0 fully saturated rings. The van der Waals surface area contributed by atoms with Gasteiger partial charge in [-0.2, -0.15) is 0 Å². The molecule has 2 aromatic rings. The van der Waals surface area contributed by atoms with Crippen LogP contribution in [0.3, 0.4) is 0 Å². The molecule has 2 heterocycles. The molecular formula is C9H8N2O2S2. The molecule has 0 amide bonds. The highest BCUT2D eigenvalue weighted by Gasteiger charge is 2.17. The van der Waals surface area contributed by atoms with Gasteiger partial charge in [0, 0.05) is 11.8 Å². The zero-order valence-corrected chi connectivity index (χ0v) is 9.25. The standard InChI is InChI=1S/C9H8N2O2S2/c10-15(12,13)9-7(4-6-14-9)8-3-1-2-5-11-8/h1-6H,(H2,10,12,13). The zero-order chi connectivity index (χ0) is 10.9. The minimum Gasteiger partial charge on any atom is -0.256 e. The van der Waals surface area contributed by atoms with Gasteiger partial charge in [0.1, 0.15) is 4.21 Å². The maximum atomic E-state index is 11.2. The van der Waals surface area contributed by atoms with E-state index >= 15 is 0 Å². The average molecular weight is 240 g/mol. The first-order chi connectivity index (χ1) is 7.09. The van der Waals surface area contributed by atoms with Crippen LogP contribution in [0.15, 0.2) is 40.1 Å². The van der Waals surface area contributed by atoms with Gasteiger partial charge in [-0.05, 0) is 23.6 Å². The van der Waals surface area contributed by atoms with Crippen molar-refractivity contribution < 1.29 is 8.42 Å². The SMILES string of the molecule is NS(=O)(=O)c1sccc1-c1ccccn1. The van der Waals surface area contributed by atoms with E-state index in [-0.39, 0.29) is 4.21 Å². The number of primary sulfonamides is 1. The minimum absolute atomic E-state index is 0.154. The first kappa shape index (κ1) is 10.3. The third-order valence-electron chi connectivity index (χ3n) is 1.83. The predicted molar refractivity (Wildman–Crippen MR) is 58.9 cm³/mol. The molecule has 2 N–H and O–H groups in total. The summed E-state index contributed by atoms with van der Waals surface area (Å²) in [4.78, 5) is 4.08. The number of thiophene rings is 1. The molecule has 0 spiro atoms. The normalized spacial score (nSPS) is 11.5. The van der Waals surface area contributed by atoms with Crippen molar-refractivity contribution in [3.05, 3.63) is 35.8 Å². The van der Waals surface area contributed by atoms with Crippen molar-refractivity contribution in [2.24, 2.45) is 5.14 Å². The topological polar surface area (TPSA) is 73.1 Å². The molecule has 0 aliphatic rings. The molecule has 2 aromatic heterocycles. The number of rotatable bonds is 2. The van der Waals surface area contributed by atoms with E-state index < -0.39 is 10.0 Å². The number of nitrogens with two attached hydrogens (primary N) is 1.